The Morgan fingerprint density at radius 2 is 2.06 bits per heavy atom. The minimum absolute atomic E-state index is 0.00139. The second kappa shape index (κ2) is 10.5. The highest BCUT2D eigenvalue weighted by Crippen LogP contribution is 2.31. The minimum atomic E-state index is -0.779. The molecule has 2 heterocycles. The second-order valence-electron chi connectivity index (χ2n) is 7.16. The number of nitrogens with zero attached hydrogens (tertiary/aromatic N) is 2. The summed E-state index contributed by atoms with van der Waals surface area (Å²) in [5.41, 5.74) is 7.09. The maximum absolute atomic E-state index is 14.1. The molecule has 0 atom stereocenters. The number of rotatable bonds is 8. The van der Waals surface area contributed by atoms with E-state index in [1.165, 1.54) is 0 Å². The molecule has 1 aromatic heterocycles. The van der Waals surface area contributed by atoms with Crippen LogP contribution >= 0.6 is 11.5 Å². The number of nitrogens with two attached hydrogens (primary N) is 1. The van der Waals surface area contributed by atoms with E-state index in [4.69, 9.17) is 15.2 Å². The van der Waals surface area contributed by atoms with Crippen LogP contribution in [0.25, 0.3) is 0 Å². The van der Waals surface area contributed by atoms with Crippen LogP contribution < -0.4 is 21.1 Å². The number of carbonyl (C=O) groups is 2. The van der Waals surface area contributed by atoms with Crippen LogP contribution in [0, 0.1) is 19.7 Å². The molecule has 1 aromatic carbocycles. The van der Waals surface area contributed by atoms with Crippen molar-refractivity contribution in [1.82, 2.24) is 14.6 Å². The van der Waals surface area contributed by atoms with Crippen LogP contribution in [0.5, 0.6) is 5.88 Å². The summed E-state index contributed by atoms with van der Waals surface area (Å²) in [4.78, 5) is 26.3. The molecule has 11 heteroatoms. The minimum Gasteiger partial charge on any atom is -0.472 e. The first-order chi connectivity index (χ1) is 14.9. The van der Waals surface area contributed by atoms with Gasteiger partial charge in [0.15, 0.2) is 0 Å². The predicted octanol–water partition coefficient (Wildman–Crippen LogP) is 2.03. The van der Waals surface area contributed by atoms with E-state index in [0.717, 1.165) is 24.6 Å². The highest BCUT2D eigenvalue weighted by atomic mass is 32.1. The number of aromatic nitrogens is 1. The number of primary amides is 1. The van der Waals surface area contributed by atoms with Crippen LogP contribution in [0.1, 0.15) is 27.0 Å². The van der Waals surface area contributed by atoms with Crippen molar-refractivity contribution in [2.75, 3.05) is 44.7 Å². The lowest BCUT2D eigenvalue weighted by Gasteiger charge is -2.26. The number of ether oxygens (including phenoxy) is 2. The molecule has 0 unspecified atom stereocenters. The highest BCUT2D eigenvalue weighted by molar-refractivity contribution is 7.11. The number of aryl methyl sites for hydroxylation is 1. The van der Waals surface area contributed by atoms with Crippen LogP contribution in [0.2, 0.25) is 0 Å². The zero-order valence-corrected chi connectivity index (χ0v) is 18.3. The number of carbonyl (C=O) groups excluding carboxylic acids is 2. The molecule has 31 heavy (non-hydrogen) atoms. The van der Waals surface area contributed by atoms with Crippen LogP contribution in [-0.4, -0.2) is 60.6 Å². The number of urea groups is 1. The summed E-state index contributed by atoms with van der Waals surface area (Å²) in [7, 11) is 0. The predicted molar refractivity (Wildman–Crippen MR) is 115 cm³/mol. The normalized spacial score (nSPS) is 14.3. The summed E-state index contributed by atoms with van der Waals surface area (Å²) in [6, 6.07) is 2.94. The Morgan fingerprint density at radius 1 is 1.32 bits per heavy atom. The van der Waals surface area contributed by atoms with Gasteiger partial charge in [-0.05, 0) is 42.1 Å². The molecule has 3 amide bonds. The molecule has 168 valence electrons. The Bertz CT molecular complexity index is 946. The van der Waals surface area contributed by atoms with Crippen LogP contribution in [0.4, 0.5) is 14.2 Å². The van der Waals surface area contributed by atoms with Crippen molar-refractivity contribution in [2.45, 2.75) is 20.5 Å². The fourth-order valence-corrected chi connectivity index (χ4v) is 3.87. The lowest BCUT2D eigenvalue weighted by atomic mass is 10.1. The molecule has 1 aliphatic rings. The standard InChI is InChI=1S/C20H26FN5O4S/c1-12-3-4-14(13(2)16(12)21)11-30-18-15(17(22)27)19(31-25-18)24-20(28)23-5-6-26-7-9-29-10-8-26/h3-4H,5-11H2,1-2H3,(H2,22,27)(H2,23,24,28). The molecule has 0 radical (unpaired) electrons. The number of amides is 3. The van der Waals surface area contributed by atoms with Crippen LogP contribution in [0.3, 0.4) is 0 Å². The number of halogens is 1. The second-order valence-corrected chi connectivity index (χ2v) is 7.93. The maximum atomic E-state index is 14.1. The molecule has 4 N–H and O–H groups in total. The highest BCUT2D eigenvalue weighted by Gasteiger charge is 2.22. The molecule has 0 saturated carbocycles. The van der Waals surface area contributed by atoms with E-state index in [1.807, 2.05) is 0 Å². The van der Waals surface area contributed by atoms with E-state index in [1.54, 1.807) is 26.0 Å². The summed E-state index contributed by atoms with van der Waals surface area (Å²) in [6.45, 7) is 7.52. The van der Waals surface area contributed by atoms with Gasteiger partial charge >= 0.3 is 6.03 Å². The number of hydrogen-bond donors (Lipinski definition) is 3. The summed E-state index contributed by atoms with van der Waals surface area (Å²) in [6.07, 6.45) is 0. The van der Waals surface area contributed by atoms with Gasteiger partial charge in [0, 0.05) is 26.2 Å². The quantitative estimate of drug-likeness (QED) is 0.565. The van der Waals surface area contributed by atoms with E-state index in [0.29, 0.717) is 43.0 Å². The van der Waals surface area contributed by atoms with E-state index in [9.17, 15) is 14.0 Å². The fraction of sp³-hybridized carbons (Fsp3) is 0.450. The molecular weight excluding hydrogens is 425 g/mol. The molecule has 2 aromatic rings. The molecular formula is C20H26FN5O4S. The van der Waals surface area contributed by atoms with E-state index in [-0.39, 0.29) is 28.9 Å². The average molecular weight is 452 g/mol. The lowest BCUT2D eigenvalue weighted by Crippen LogP contribution is -2.42. The molecule has 0 spiro atoms. The van der Waals surface area contributed by atoms with Crippen molar-refractivity contribution >= 4 is 28.5 Å². The van der Waals surface area contributed by atoms with Gasteiger partial charge in [-0.2, -0.15) is 4.37 Å². The van der Waals surface area contributed by atoms with Gasteiger partial charge < -0.3 is 20.5 Å². The van der Waals surface area contributed by atoms with E-state index < -0.39 is 11.9 Å². The van der Waals surface area contributed by atoms with Gasteiger partial charge in [-0.15, -0.1) is 0 Å². The van der Waals surface area contributed by atoms with Crippen molar-refractivity contribution in [1.29, 1.82) is 0 Å². The summed E-state index contributed by atoms with van der Waals surface area (Å²) >= 11 is 0.890. The van der Waals surface area contributed by atoms with Crippen molar-refractivity contribution in [3.05, 3.63) is 40.2 Å². The number of anilines is 1. The van der Waals surface area contributed by atoms with Gasteiger partial charge in [0.1, 0.15) is 23.0 Å². The molecule has 9 nitrogen and oxygen atoms in total. The molecule has 1 fully saturated rings. The lowest BCUT2D eigenvalue weighted by molar-refractivity contribution is 0.0388. The van der Waals surface area contributed by atoms with Crippen molar-refractivity contribution in [3.8, 4) is 5.88 Å². The summed E-state index contributed by atoms with van der Waals surface area (Å²) in [5.74, 6) is -1.08. The first-order valence-corrected chi connectivity index (χ1v) is 10.7. The Hall–Kier alpha value is -2.76. The third-order valence-corrected chi connectivity index (χ3v) is 5.75. The number of nitrogens with one attached hydrogen (secondary N) is 2. The van der Waals surface area contributed by atoms with Crippen LogP contribution in [0.15, 0.2) is 12.1 Å². The molecule has 1 saturated heterocycles. The van der Waals surface area contributed by atoms with Crippen molar-refractivity contribution in [3.63, 3.8) is 0 Å². The van der Waals surface area contributed by atoms with Gasteiger partial charge in [0.25, 0.3) is 5.91 Å². The Balaban J connectivity index is 1.59. The van der Waals surface area contributed by atoms with Gasteiger partial charge in [-0.3, -0.25) is 15.0 Å². The maximum Gasteiger partial charge on any atom is 0.319 e. The smallest absolute Gasteiger partial charge is 0.319 e. The van der Waals surface area contributed by atoms with E-state index in [2.05, 4.69) is 19.9 Å². The van der Waals surface area contributed by atoms with Crippen LogP contribution in [-0.2, 0) is 11.3 Å². The third kappa shape index (κ3) is 5.90. The first kappa shape index (κ1) is 22.9. The zero-order chi connectivity index (χ0) is 22.4. The SMILES string of the molecule is Cc1ccc(COc2nsc(NC(=O)NCCN3CCOCC3)c2C(N)=O)c(C)c1F. The number of hydrogen-bond acceptors (Lipinski definition) is 7. The number of benzene rings is 1. The molecule has 0 aliphatic carbocycles. The van der Waals surface area contributed by atoms with Crippen molar-refractivity contribution < 1.29 is 23.5 Å². The Labute approximate surface area is 183 Å². The monoisotopic (exact) mass is 451 g/mol. The number of morpholine rings is 1. The summed E-state index contributed by atoms with van der Waals surface area (Å²) in [5, 5.41) is 5.53. The topological polar surface area (TPSA) is 119 Å². The average Bonchev–Trinajstić information content (AvgIpc) is 3.15. The summed E-state index contributed by atoms with van der Waals surface area (Å²) < 4.78 is 29.1. The first-order valence-electron chi connectivity index (χ1n) is 9.88. The third-order valence-electron chi connectivity index (χ3n) is 5.01. The van der Waals surface area contributed by atoms with Gasteiger partial charge in [-0.1, -0.05) is 12.1 Å². The molecule has 1 aliphatic heterocycles. The molecule has 0 bridgehead atoms. The molecule has 3 rings (SSSR count). The fourth-order valence-electron chi connectivity index (χ4n) is 3.14. The zero-order valence-electron chi connectivity index (χ0n) is 17.5. The Kier molecular flexibility index (Phi) is 7.77. The Morgan fingerprint density at radius 3 is 2.77 bits per heavy atom. The largest absolute Gasteiger partial charge is 0.472 e. The van der Waals surface area contributed by atoms with Gasteiger partial charge in [0.05, 0.1) is 13.2 Å². The van der Waals surface area contributed by atoms with Gasteiger partial charge in [0.2, 0.25) is 5.88 Å². The van der Waals surface area contributed by atoms with Gasteiger partial charge in [-0.25, -0.2) is 9.18 Å². The van der Waals surface area contributed by atoms with Crippen molar-refractivity contribution in [2.24, 2.45) is 5.73 Å². The van der Waals surface area contributed by atoms with E-state index >= 15 is 0 Å².